The van der Waals surface area contributed by atoms with Crippen molar-refractivity contribution in [1.29, 1.82) is 0 Å². The molecule has 208 valence electrons. The Bertz CT molecular complexity index is 1360. The molecule has 0 aliphatic rings. The highest BCUT2D eigenvalue weighted by molar-refractivity contribution is 7.92. The molecule has 39 heavy (non-hydrogen) atoms. The zero-order valence-corrected chi connectivity index (χ0v) is 24.4. The number of rotatable bonds is 12. The van der Waals surface area contributed by atoms with Gasteiger partial charge in [-0.1, -0.05) is 73.5 Å². The second kappa shape index (κ2) is 13.6. The zero-order chi connectivity index (χ0) is 28.6. The molecule has 2 amide bonds. The van der Waals surface area contributed by atoms with Gasteiger partial charge in [0.15, 0.2) is 0 Å². The van der Waals surface area contributed by atoms with E-state index in [0.717, 1.165) is 21.9 Å². The van der Waals surface area contributed by atoms with E-state index >= 15 is 0 Å². The number of anilines is 1. The molecule has 0 aromatic heterocycles. The number of halogens is 1. The van der Waals surface area contributed by atoms with E-state index in [1.807, 2.05) is 52.0 Å². The van der Waals surface area contributed by atoms with Crippen LogP contribution in [0, 0.1) is 6.92 Å². The molecule has 3 aromatic carbocycles. The largest absolute Gasteiger partial charge is 0.352 e. The Hall–Kier alpha value is -3.36. The Kier molecular flexibility index (Phi) is 10.5. The first kappa shape index (κ1) is 30.2. The molecule has 0 radical (unpaired) electrons. The number of nitrogens with zero attached hydrogens (tertiary/aromatic N) is 2. The Labute approximate surface area is 236 Å². The van der Waals surface area contributed by atoms with E-state index in [1.165, 1.54) is 17.0 Å². The van der Waals surface area contributed by atoms with E-state index in [1.54, 1.807) is 42.5 Å². The first-order valence-corrected chi connectivity index (χ1v) is 14.9. The van der Waals surface area contributed by atoms with Crippen molar-refractivity contribution in [3.8, 4) is 0 Å². The van der Waals surface area contributed by atoms with Crippen LogP contribution in [0.15, 0.2) is 83.8 Å². The van der Waals surface area contributed by atoms with Crippen molar-refractivity contribution in [3.05, 3.63) is 95.0 Å². The smallest absolute Gasteiger partial charge is 0.264 e. The number of aryl methyl sites for hydroxylation is 1. The Morgan fingerprint density at radius 1 is 0.923 bits per heavy atom. The number of hydrogen-bond donors (Lipinski definition) is 1. The van der Waals surface area contributed by atoms with E-state index in [-0.39, 0.29) is 23.4 Å². The standard InChI is InChI=1S/C30H36ClN3O4S/c1-5-23(4)32-30(36)28(6-2)33(20-24-12-10-11-22(3)19-24)29(35)21-34(26-17-15-25(31)16-18-26)39(37,38)27-13-8-7-9-14-27/h7-19,23,28H,5-6,20-21H2,1-4H3,(H,32,36)/t23-,28+/m0/s1. The maximum absolute atomic E-state index is 14.0. The third-order valence-corrected chi connectivity index (χ3v) is 8.59. The number of nitrogens with one attached hydrogen (secondary N) is 1. The average molecular weight is 570 g/mol. The zero-order valence-electron chi connectivity index (χ0n) is 22.8. The van der Waals surface area contributed by atoms with Crippen LogP contribution in [0.5, 0.6) is 0 Å². The highest BCUT2D eigenvalue weighted by atomic mass is 35.5. The van der Waals surface area contributed by atoms with Crippen LogP contribution in [0.2, 0.25) is 5.02 Å². The predicted octanol–water partition coefficient (Wildman–Crippen LogP) is 5.57. The quantitative estimate of drug-likeness (QED) is 0.309. The van der Waals surface area contributed by atoms with Crippen molar-refractivity contribution in [2.75, 3.05) is 10.8 Å². The molecule has 9 heteroatoms. The molecular formula is C30H36ClN3O4S. The summed E-state index contributed by atoms with van der Waals surface area (Å²) in [5.74, 6) is -0.756. The van der Waals surface area contributed by atoms with Crippen LogP contribution in [0.3, 0.4) is 0 Å². The summed E-state index contributed by atoms with van der Waals surface area (Å²) < 4.78 is 28.6. The molecule has 0 spiro atoms. The van der Waals surface area contributed by atoms with Gasteiger partial charge in [-0.05, 0) is 68.7 Å². The fourth-order valence-electron chi connectivity index (χ4n) is 4.22. The number of carbonyl (C=O) groups is 2. The molecule has 1 N–H and O–H groups in total. The number of hydrogen-bond acceptors (Lipinski definition) is 4. The van der Waals surface area contributed by atoms with Gasteiger partial charge in [0.05, 0.1) is 10.6 Å². The van der Waals surface area contributed by atoms with E-state index < -0.39 is 28.5 Å². The van der Waals surface area contributed by atoms with Crippen molar-refractivity contribution in [3.63, 3.8) is 0 Å². The third kappa shape index (κ3) is 7.83. The van der Waals surface area contributed by atoms with Gasteiger partial charge in [-0.2, -0.15) is 0 Å². The van der Waals surface area contributed by atoms with Gasteiger partial charge in [-0.15, -0.1) is 0 Å². The fourth-order valence-corrected chi connectivity index (χ4v) is 5.78. The molecule has 3 rings (SSSR count). The van der Waals surface area contributed by atoms with E-state index in [0.29, 0.717) is 17.1 Å². The van der Waals surface area contributed by atoms with Gasteiger partial charge in [0, 0.05) is 17.6 Å². The monoisotopic (exact) mass is 569 g/mol. The van der Waals surface area contributed by atoms with Crippen LogP contribution < -0.4 is 9.62 Å². The molecule has 7 nitrogen and oxygen atoms in total. The second-order valence-corrected chi connectivity index (χ2v) is 11.9. The molecule has 3 aromatic rings. The molecule has 0 bridgehead atoms. The molecule has 0 saturated heterocycles. The maximum atomic E-state index is 14.0. The molecule has 0 unspecified atom stereocenters. The van der Waals surface area contributed by atoms with Crippen LogP contribution in [0.1, 0.15) is 44.7 Å². The van der Waals surface area contributed by atoms with Crippen molar-refractivity contribution in [1.82, 2.24) is 10.2 Å². The highest BCUT2D eigenvalue weighted by Gasteiger charge is 2.33. The number of amides is 2. The lowest BCUT2D eigenvalue weighted by molar-refractivity contribution is -0.140. The van der Waals surface area contributed by atoms with Crippen molar-refractivity contribution < 1.29 is 18.0 Å². The summed E-state index contributed by atoms with van der Waals surface area (Å²) >= 11 is 6.07. The van der Waals surface area contributed by atoms with E-state index in [2.05, 4.69) is 5.32 Å². The van der Waals surface area contributed by atoms with Crippen molar-refractivity contribution in [2.45, 2.75) is 64.1 Å². The lowest BCUT2D eigenvalue weighted by Gasteiger charge is -2.33. The number of carbonyl (C=O) groups excluding carboxylic acids is 2. The summed E-state index contributed by atoms with van der Waals surface area (Å²) in [6, 6.07) is 21.1. The Morgan fingerprint density at radius 2 is 1.59 bits per heavy atom. The van der Waals surface area contributed by atoms with E-state index in [4.69, 9.17) is 11.6 Å². The predicted molar refractivity (Wildman–Crippen MR) is 156 cm³/mol. The highest BCUT2D eigenvalue weighted by Crippen LogP contribution is 2.26. The minimum absolute atomic E-state index is 0.0551. The molecule has 0 saturated carbocycles. The van der Waals surface area contributed by atoms with Gasteiger partial charge in [-0.25, -0.2) is 8.42 Å². The molecular weight excluding hydrogens is 534 g/mol. The minimum Gasteiger partial charge on any atom is -0.352 e. The summed E-state index contributed by atoms with van der Waals surface area (Å²) in [5, 5.41) is 3.42. The topological polar surface area (TPSA) is 86.8 Å². The lowest BCUT2D eigenvalue weighted by atomic mass is 10.1. The van der Waals surface area contributed by atoms with Gasteiger partial charge in [0.25, 0.3) is 10.0 Å². The van der Waals surface area contributed by atoms with Crippen molar-refractivity contribution >= 4 is 39.1 Å². The first-order valence-electron chi connectivity index (χ1n) is 13.1. The average Bonchev–Trinajstić information content (AvgIpc) is 2.92. The fraction of sp³-hybridized carbons (Fsp3) is 0.333. The van der Waals surface area contributed by atoms with Gasteiger partial charge in [0.2, 0.25) is 11.8 Å². The van der Waals surface area contributed by atoms with Crippen LogP contribution in [-0.2, 0) is 26.2 Å². The van der Waals surface area contributed by atoms with Gasteiger partial charge in [0.1, 0.15) is 12.6 Å². The summed E-state index contributed by atoms with van der Waals surface area (Å²) in [7, 11) is -4.11. The maximum Gasteiger partial charge on any atom is 0.264 e. The molecule has 0 fully saturated rings. The minimum atomic E-state index is -4.11. The third-order valence-electron chi connectivity index (χ3n) is 6.55. The van der Waals surface area contributed by atoms with Gasteiger partial charge in [-0.3, -0.25) is 13.9 Å². The molecule has 2 atom stereocenters. The van der Waals surface area contributed by atoms with Gasteiger partial charge >= 0.3 is 0 Å². The molecule has 0 aliphatic heterocycles. The summed E-state index contributed by atoms with van der Waals surface area (Å²) in [6.07, 6.45) is 1.11. The second-order valence-electron chi connectivity index (χ2n) is 9.55. The summed E-state index contributed by atoms with van der Waals surface area (Å²) in [4.78, 5) is 28.9. The van der Waals surface area contributed by atoms with Crippen LogP contribution >= 0.6 is 11.6 Å². The van der Waals surface area contributed by atoms with Crippen LogP contribution in [0.4, 0.5) is 5.69 Å². The normalized spacial score (nSPS) is 12.8. The van der Waals surface area contributed by atoms with Crippen LogP contribution in [-0.4, -0.2) is 43.8 Å². The van der Waals surface area contributed by atoms with Gasteiger partial charge < -0.3 is 10.2 Å². The Morgan fingerprint density at radius 3 is 2.18 bits per heavy atom. The first-order chi connectivity index (χ1) is 18.6. The lowest BCUT2D eigenvalue weighted by Crippen LogP contribution is -2.53. The SMILES string of the molecule is CC[C@H](C(=O)N[C@@H](C)CC)N(Cc1cccc(C)c1)C(=O)CN(c1ccc(Cl)cc1)S(=O)(=O)c1ccccc1. The Balaban J connectivity index is 2.04. The summed E-state index contributed by atoms with van der Waals surface area (Å²) in [5.41, 5.74) is 2.16. The van der Waals surface area contributed by atoms with Crippen LogP contribution in [0.25, 0.3) is 0 Å². The summed E-state index contributed by atoms with van der Waals surface area (Å²) in [6.45, 7) is 7.35. The molecule has 0 heterocycles. The van der Waals surface area contributed by atoms with E-state index in [9.17, 15) is 18.0 Å². The number of benzene rings is 3. The van der Waals surface area contributed by atoms with Crippen molar-refractivity contribution in [2.24, 2.45) is 0 Å². The number of sulfonamides is 1. The molecule has 0 aliphatic carbocycles.